The number of nitrogens with one attached hydrogen (secondary N) is 2. The Morgan fingerprint density at radius 3 is 2.30 bits per heavy atom. The average molecular weight is 617 g/mol. The van der Waals surface area contributed by atoms with Crippen LogP contribution in [0.15, 0.2) is 66.9 Å². The van der Waals surface area contributed by atoms with Gasteiger partial charge in [0.25, 0.3) is 0 Å². The van der Waals surface area contributed by atoms with Crippen molar-refractivity contribution in [1.82, 2.24) is 20.3 Å². The summed E-state index contributed by atoms with van der Waals surface area (Å²) >= 11 is 1.73. The van der Waals surface area contributed by atoms with E-state index in [1.54, 1.807) is 35.6 Å². The second-order valence-corrected chi connectivity index (χ2v) is 11.7. The van der Waals surface area contributed by atoms with Crippen molar-refractivity contribution in [2.75, 3.05) is 51.5 Å². The molecule has 2 aromatic heterocycles. The van der Waals surface area contributed by atoms with Crippen LogP contribution >= 0.6 is 11.3 Å². The largest absolute Gasteiger partial charge is 0.494 e. The SMILES string of the molecule is Cc1ncccc1N(C)c1nc(-c2ccc(OCCCCCOc3ccc(C(=N)NO)cc3)cc2)c(CN2CCOCC2)s1. The van der Waals surface area contributed by atoms with Crippen molar-refractivity contribution in [3.63, 3.8) is 0 Å². The molecule has 3 N–H and O–H groups in total. The molecule has 10 nitrogen and oxygen atoms in total. The number of pyridine rings is 1. The predicted molar refractivity (Wildman–Crippen MR) is 174 cm³/mol. The van der Waals surface area contributed by atoms with E-state index in [2.05, 4.69) is 40.0 Å². The number of ether oxygens (including phenoxy) is 3. The molecule has 0 atom stereocenters. The van der Waals surface area contributed by atoms with E-state index >= 15 is 0 Å². The third-order valence-electron chi connectivity index (χ3n) is 7.49. The van der Waals surface area contributed by atoms with Crippen molar-refractivity contribution in [2.45, 2.75) is 32.7 Å². The molecule has 1 aliphatic rings. The number of nitrogens with zero attached hydrogens (tertiary/aromatic N) is 4. The lowest BCUT2D eigenvalue weighted by atomic mass is 10.1. The standard InChI is InChI=1S/C33H40N6O4S/c1-24-29(7-6-16-35-24)38(2)33-36-31(30(44-33)23-39-17-21-41-22-18-39)25-8-12-27(13-9-25)42-19-4-3-5-20-43-28-14-10-26(11-15-28)32(34)37-40/h6-16,40H,3-5,17-23H2,1-2H3,(H2,34,37). The Hall–Kier alpha value is -4.03. The Morgan fingerprint density at radius 1 is 1.00 bits per heavy atom. The number of hydrogen-bond donors (Lipinski definition) is 3. The van der Waals surface area contributed by atoms with Gasteiger partial charge >= 0.3 is 0 Å². The molecule has 0 spiro atoms. The number of unbranched alkanes of at least 4 members (excludes halogenated alkanes) is 2. The summed E-state index contributed by atoms with van der Waals surface area (Å²) in [5.41, 5.74) is 6.55. The summed E-state index contributed by atoms with van der Waals surface area (Å²) in [5, 5.41) is 17.3. The number of aromatic nitrogens is 2. The molecule has 0 aliphatic carbocycles. The Labute approximate surface area is 262 Å². The highest BCUT2D eigenvalue weighted by Crippen LogP contribution is 2.37. The number of benzene rings is 2. The molecule has 0 radical (unpaired) electrons. The highest BCUT2D eigenvalue weighted by molar-refractivity contribution is 7.16. The van der Waals surface area contributed by atoms with Gasteiger partial charge in [0.15, 0.2) is 5.13 Å². The summed E-state index contributed by atoms with van der Waals surface area (Å²) in [6, 6.07) is 19.4. The first-order valence-electron chi connectivity index (χ1n) is 14.9. The van der Waals surface area contributed by atoms with Gasteiger partial charge in [-0.25, -0.2) is 4.98 Å². The van der Waals surface area contributed by atoms with Gasteiger partial charge in [0.1, 0.15) is 17.3 Å². The first kappa shape index (κ1) is 31.4. The number of hydroxylamine groups is 1. The van der Waals surface area contributed by atoms with Gasteiger partial charge < -0.3 is 19.1 Å². The fraction of sp³-hybridized carbons (Fsp3) is 0.364. The maximum Gasteiger partial charge on any atom is 0.190 e. The minimum atomic E-state index is -0.0447. The van der Waals surface area contributed by atoms with E-state index < -0.39 is 0 Å². The molecule has 1 aliphatic heterocycles. The summed E-state index contributed by atoms with van der Waals surface area (Å²) in [6.45, 7) is 7.49. The molecule has 3 heterocycles. The van der Waals surface area contributed by atoms with Crippen LogP contribution in [-0.4, -0.2) is 72.5 Å². The number of amidine groups is 1. The van der Waals surface area contributed by atoms with Gasteiger partial charge in [0.05, 0.1) is 43.5 Å². The molecule has 11 heteroatoms. The number of anilines is 2. The number of aryl methyl sites for hydroxylation is 1. The van der Waals surface area contributed by atoms with Crippen LogP contribution in [0.4, 0.5) is 10.8 Å². The van der Waals surface area contributed by atoms with Gasteiger partial charge in [-0.05, 0) is 86.8 Å². The predicted octanol–water partition coefficient (Wildman–Crippen LogP) is 6.05. The zero-order valence-corrected chi connectivity index (χ0v) is 26.1. The zero-order valence-electron chi connectivity index (χ0n) is 25.3. The summed E-state index contributed by atoms with van der Waals surface area (Å²) in [7, 11) is 2.05. The topological polar surface area (TPSA) is 116 Å². The monoisotopic (exact) mass is 616 g/mol. The number of rotatable bonds is 14. The first-order chi connectivity index (χ1) is 21.5. The molecular formula is C33H40N6O4S. The van der Waals surface area contributed by atoms with E-state index in [1.165, 1.54) is 4.88 Å². The molecule has 0 saturated carbocycles. The zero-order chi connectivity index (χ0) is 30.7. The van der Waals surface area contributed by atoms with Gasteiger partial charge in [-0.2, -0.15) is 0 Å². The third kappa shape index (κ3) is 8.32. The Balaban J connectivity index is 1.14. The Bertz CT molecular complexity index is 1490. The second-order valence-electron chi connectivity index (χ2n) is 10.6. The van der Waals surface area contributed by atoms with Crippen LogP contribution in [0.1, 0.15) is 35.4 Å². The van der Waals surface area contributed by atoms with Gasteiger partial charge in [-0.3, -0.25) is 26.0 Å². The Kier molecular flexibility index (Phi) is 11.1. The molecule has 2 aromatic carbocycles. The van der Waals surface area contributed by atoms with Crippen molar-refractivity contribution in [3.05, 3.63) is 83.0 Å². The number of morpholine rings is 1. The van der Waals surface area contributed by atoms with Crippen LogP contribution in [-0.2, 0) is 11.3 Å². The van der Waals surface area contributed by atoms with Crippen molar-refractivity contribution < 1.29 is 19.4 Å². The lowest BCUT2D eigenvalue weighted by Gasteiger charge is -2.26. The van der Waals surface area contributed by atoms with E-state index in [0.717, 1.165) is 91.4 Å². The molecule has 5 rings (SSSR count). The van der Waals surface area contributed by atoms with Gasteiger partial charge in [-0.15, -0.1) is 0 Å². The first-order valence-corrected chi connectivity index (χ1v) is 15.7. The van der Waals surface area contributed by atoms with Crippen molar-refractivity contribution in [2.24, 2.45) is 0 Å². The Morgan fingerprint density at radius 2 is 1.66 bits per heavy atom. The summed E-state index contributed by atoms with van der Waals surface area (Å²) < 4.78 is 17.4. The minimum Gasteiger partial charge on any atom is -0.494 e. The van der Waals surface area contributed by atoms with E-state index in [9.17, 15) is 0 Å². The van der Waals surface area contributed by atoms with Crippen LogP contribution in [0.3, 0.4) is 0 Å². The van der Waals surface area contributed by atoms with Crippen molar-refractivity contribution in [1.29, 1.82) is 5.41 Å². The third-order valence-corrected chi connectivity index (χ3v) is 8.61. The van der Waals surface area contributed by atoms with Gasteiger partial charge in [0, 0.05) is 48.9 Å². The summed E-state index contributed by atoms with van der Waals surface area (Å²) in [4.78, 5) is 15.4. The molecule has 0 bridgehead atoms. The molecule has 0 unspecified atom stereocenters. The van der Waals surface area contributed by atoms with Crippen LogP contribution < -0.4 is 19.9 Å². The van der Waals surface area contributed by atoms with Crippen LogP contribution in [0, 0.1) is 12.3 Å². The summed E-state index contributed by atoms with van der Waals surface area (Å²) in [6.07, 6.45) is 4.66. The smallest absolute Gasteiger partial charge is 0.190 e. The highest BCUT2D eigenvalue weighted by Gasteiger charge is 2.21. The maximum absolute atomic E-state index is 8.83. The molecule has 1 saturated heterocycles. The number of hydrogen-bond acceptors (Lipinski definition) is 10. The molecule has 1 fully saturated rings. The normalized spacial score (nSPS) is 13.4. The number of thiazole rings is 1. The van der Waals surface area contributed by atoms with Crippen molar-refractivity contribution in [3.8, 4) is 22.8 Å². The second kappa shape index (κ2) is 15.6. The van der Waals surface area contributed by atoms with Crippen molar-refractivity contribution >= 4 is 28.0 Å². The van der Waals surface area contributed by atoms with Gasteiger partial charge in [-0.1, -0.05) is 11.3 Å². The minimum absolute atomic E-state index is 0.0447. The maximum atomic E-state index is 8.83. The van der Waals surface area contributed by atoms with Crippen LogP contribution in [0.2, 0.25) is 0 Å². The van der Waals surface area contributed by atoms with E-state index in [4.69, 9.17) is 29.8 Å². The van der Waals surface area contributed by atoms with E-state index in [1.807, 2.05) is 36.8 Å². The molecule has 4 aromatic rings. The fourth-order valence-electron chi connectivity index (χ4n) is 4.96. The molecule has 44 heavy (non-hydrogen) atoms. The van der Waals surface area contributed by atoms with E-state index in [0.29, 0.717) is 18.8 Å². The fourth-order valence-corrected chi connectivity index (χ4v) is 6.06. The van der Waals surface area contributed by atoms with E-state index in [-0.39, 0.29) is 5.84 Å². The van der Waals surface area contributed by atoms with Gasteiger partial charge in [0.2, 0.25) is 0 Å². The lowest BCUT2D eigenvalue weighted by Crippen LogP contribution is -2.35. The lowest BCUT2D eigenvalue weighted by molar-refractivity contribution is 0.0347. The average Bonchev–Trinajstić information content (AvgIpc) is 3.48. The molecule has 0 amide bonds. The quantitative estimate of drug-likeness (QED) is 0.0674. The van der Waals surface area contributed by atoms with Crippen LogP contribution in [0.25, 0.3) is 11.3 Å². The molecular weight excluding hydrogens is 576 g/mol. The summed E-state index contributed by atoms with van der Waals surface area (Å²) in [5.74, 6) is 1.55. The highest BCUT2D eigenvalue weighted by atomic mass is 32.1. The molecule has 232 valence electrons. The van der Waals surface area contributed by atoms with Crippen LogP contribution in [0.5, 0.6) is 11.5 Å².